The lowest BCUT2D eigenvalue weighted by atomic mass is 9.78. The number of aryl methyl sites for hydroxylation is 1. The molecule has 3 fully saturated rings. The number of cyclic esters (lactones) is 1. The molecule has 4 aliphatic rings. The van der Waals surface area contributed by atoms with E-state index in [1.54, 1.807) is 55.5 Å². The topological polar surface area (TPSA) is 406 Å². The quantitative estimate of drug-likeness (QED) is 0.0122. The molecule has 3 aliphatic heterocycles. The highest BCUT2D eigenvalue weighted by molar-refractivity contribution is 6.39. The molecule has 32 heteroatoms. The molecule has 130 heavy (non-hydrogen) atoms. The van der Waals surface area contributed by atoms with E-state index in [2.05, 4.69) is 28.8 Å². The minimum atomic E-state index is -2.42. The van der Waals surface area contributed by atoms with Crippen LogP contribution in [0.25, 0.3) is 33.4 Å². The van der Waals surface area contributed by atoms with Crippen molar-refractivity contribution in [2.45, 2.75) is 252 Å². The zero-order chi connectivity index (χ0) is 94.5. The molecule has 32 nitrogen and oxygen atoms in total. The summed E-state index contributed by atoms with van der Waals surface area (Å²) in [6.45, 7) is 26.6. The molecular weight excluding hydrogens is 1670 g/mol. The van der Waals surface area contributed by atoms with Crippen molar-refractivity contribution < 1.29 is 114 Å². The van der Waals surface area contributed by atoms with Gasteiger partial charge in [0, 0.05) is 124 Å². The molecule has 0 spiro atoms. The second-order valence-corrected chi connectivity index (χ2v) is 34.5. The smallest absolute Gasteiger partial charge is 0.329 e. The Morgan fingerprint density at radius 1 is 0.662 bits per heavy atom. The molecule has 1 amide bonds. The van der Waals surface area contributed by atoms with Gasteiger partial charge in [0.2, 0.25) is 5.79 Å². The number of carbonyl (C=O) groups is 6. The van der Waals surface area contributed by atoms with Gasteiger partial charge in [0.15, 0.2) is 17.0 Å². The van der Waals surface area contributed by atoms with Crippen LogP contribution in [0, 0.1) is 35.5 Å². The predicted molar refractivity (Wildman–Crippen MR) is 494 cm³/mol. The number of rotatable bonds is 40. The van der Waals surface area contributed by atoms with Crippen LogP contribution in [0.4, 0.5) is 11.8 Å². The van der Waals surface area contributed by atoms with Gasteiger partial charge in [-0.2, -0.15) is 10.1 Å². The van der Waals surface area contributed by atoms with Crippen molar-refractivity contribution >= 4 is 69.2 Å². The number of piperidine rings is 1. The number of esters is 2. The fraction of sp³-hybridized carbons (Fsp3) is 0.673. The molecule has 2 saturated heterocycles. The summed E-state index contributed by atoms with van der Waals surface area (Å²) in [5.41, 5.74) is 18.8. The Hall–Kier alpha value is -8.16. The Morgan fingerprint density at radius 2 is 1.31 bits per heavy atom. The number of nitrogens with zero attached hydrogens (tertiary/aromatic N) is 6. The number of carbonyl (C=O) groups excluding carboxylic acids is 6. The number of ketones is 3. The summed E-state index contributed by atoms with van der Waals surface area (Å²) in [6, 6.07) is 12.7. The molecule has 3 aromatic heterocycles. The first kappa shape index (κ1) is 109. The average Bonchev–Trinajstić information content (AvgIpc) is 1.39. The molecule has 0 unspecified atom stereocenters. The maximum Gasteiger partial charge on any atom is 0.329 e. The van der Waals surface area contributed by atoms with E-state index in [1.165, 1.54) is 18.3 Å². The largest absolute Gasteiger partial charge is 0.460 e. The number of anilines is 2. The Labute approximate surface area is 768 Å². The van der Waals surface area contributed by atoms with Crippen LogP contribution in [-0.2, 0) is 113 Å². The number of nitrogen functional groups attached to an aromatic ring is 2. The third-order valence-corrected chi connectivity index (χ3v) is 24.3. The van der Waals surface area contributed by atoms with Crippen molar-refractivity contribution in [2.75, 3.05) is 153 Å². The molecular formula is C98H150N8O24. The number of hydrogen-bond donors (Lipinski definition) is 4. The number of Topliss-reactive ketones (excluding diaryl/α,β-unsaturated/α-hetero) is 3. The van der Waals surface area contributed by atoms with Crippen molar-refractivity contribution in [2.24, 2.45) is 35.5 Å². The van der Waals surface area contributed by atoms with Crippen molar-refractivity contribution in [3.8, 4) is 11.3 Å². The normalized spacial score (nSPS) is 26.4. The maximum atomic E-state index is 14.7. The third-order valence-electron chi connectivity index (χ3n) is 24.3. The molecule has 16 atom stereocenters. The van der Waals surface area contributed by atoms with Crippen LogP contribution in [0.1, 0.15) is 189 Å². The maximum absolute atomic E-state index is 14.7. The molecule has 9 rings (SSSR count). The standard InChI is InChI=1S/C57H91NO15.C25H25N7O3.C16H34O6/c1-35-19-14-13-15-20-36(2)46(67-9)33-43-25-23-41(7)57(65,73-43)54(62)55(63)58-27-17-16-21-44(58)56(64)72-48(34-47(68-10)37(3)30-40(6)52(61)53(70-12)51(60)39(5)29-35)38(4)31-42-24-26-45(49(32-42)69-11)71-50(59)22-18-28-66-8;1-34-11-10-18(33)8-6-15-2-4-16(5-3-15)13-32-24-21(23(26)28-14-29-24)22(31-32)17-7-9-20-19(12-17)30-25(27)35-20;1-3-5-17-7-9-19-11-13-21-15-16-22-14-12-20-10-8-18-6-4-2/h13-15,19-20,30,35,37-39,41-49,52-53,61,65H,16-18,21-29,31-34H2,1-12H3;2-5,7,9,12,14H,6,8,10-11,13H2,1H3,(H2,27,30)(H2,26,28,29);3-16H2,1-2H3/b15-13+,19-14+,36-20+,40-30+;;/t35-,37-,38-,39-,41-,42+,43+,44+,45-,46+,47-,48+,49-,52-,53+,57-;;/m1../s1. The van der Waals surface area contributed by atoms with E-state index in [0.29, 0.717) is 209 Å². The summed E-state index contributed by atoms with van der Waals surface area (Å²) in [7, 11) is 9.39. The summed E-state index contributed by atoms with van der Waals surface area (Å²) >= 11 is 0. The summed E-state index contributed by atoms with van der Waals surface area (Å²) in [5.74, 6) is -6.68. The van der Waals surface area contributed by atoms with Crippen molar-refractivity contribution in [1.29, 1.82) is 0 Å². The average molecular weight is 1820 g/mol. The van der Waals surface area contributed by atoms with Gasteiger partial charge in [-0.25, -0.2) is 19.4 Å². The van der Waals surface area contributed by atoms with E-state index < -0.39 is 84.1 Å². The predicted octanol–water partition coefficient (Wildman–Crippen LogP) is 12.9. The third kappa shape index (κ3) is 35.0. The van der Waals surface area contributed by atoms with Crippen LogP contribution < -0.4 is 11.5 Å². The number of aromatic nitrogens is 5. The van der Waals surface area contributed by atoms with E-state index in [4.69, 9.17) is 92.0 Å². The van der Waals surface area contributed by atoms with Gasteiger partial charge in [0.1, 0.15) is 59.6 Å². The molecule has 6 N–H and O–H groups in total. The van der Waals surface area contributed by atoms with Gasteiger partial charge < -0.3 is 102 Å². The zero-order valence-electron chi connectivity index (χ0n) is 79.7. The zero-order valence-corrected chi connectivity index (χ0v) is 79.7. The molecule has 1 aliphatic carbocycles. The minimum Gasteiger partial charge on any atom is -0.460 e. The number of aliphatic hydroxyl groups is 2. The minimum absolute atomic E-state index is 0.0343. The van der Waals surface area contributed by atoms with Gasteiger partial charge in [-0.1, -0.05) is 109 Å². The monoisotopic (exact) mass is 1820 g/mol. The summed E-state index contributed by atoms with van der Waals surface area (Å²) in [6.07, 6.45) is 18.2. The van der Waals surface area contributed by atoms with Gasteiger partial charge in [-0.05, 0) is 162 Å². The number of aliphatic hydroxyl groups excluding tert-OH is 1. The van der Waals surface area contributed by atoms with E-state index in [9.17, 15) is 39.0 Å². The lowest BCUT2D eigenvalue weighted by molar-refractivity contribution is -0.265. The van der Waals surface area contributed by atoms with Gasteiger partial charge in [0.25, 0.3) is 17.7 Å². The van der Waals surface area contributed by atoms with Crippen LogP contribution in [0.2, 0.25) is 0 Å². The Balaban J connectivity index is 0.000000330. The van der Waals surface area contributed by atoms with E-state index in [1.807, 2.05) is 112 Å². The molecule has 2 aromatic carbocycles. The number of allylic oxidation sites excluding steroid dienone is 5. The highest BCUT2D eigenvalue weighted by Gasteiger charge is 2.53. The first-order valence-corrected chi connectivity index (χ1v) is 46.5. The van der Waals surface area contributed by atoms with Gasteiger partial charge >= 0.3 is 11.9 Å². The number of oxazole rings is 1. The summed E-state index contributed by atoms with van der Waals surface area (Å²) in [4.78, 5) is 96.0. The fourth-order valence-corrected chi connectivity index (χ4v) is 16.8. The number of amides is 1. The lowest BCUT2D eigenvalue weighted by Gasteiger charge is -2.43. The Bertz CT molecular complexity index is 4300. The molecule has 6 heterocycles. The number of fused-ring (bicyclic) bond motifs is 5. The second-order valence-electron chi connectivity index (χ2n) is 34.5. The highest BCUT2D eigenvalue weighted by Crippen LogP contribution is 2.40. The molecule has 5 aromatic rings. The van der Waals surface area contributed by atoms with Crippen molar-refractivity contribution in [1.82, 2.24) is 29.6 Å². The SMILES string of the molecule is CCCOCCOCCOCCOCCOCCOCCC.COCCC(=O)CCc1ccc(Cn2nc(-c3ccc4oc(N)nc4c3)c3c(N)ncnc32)cc1.COCCCC(=O)O[C@@H]1CC[C@@H](C[C@@H](C)[C@@H]2C[C@@H](OC)[C@H](C)/C=C(\C)[C@@H](O)[C@@H](OC)C(=O)[C@H](C)C[C@H](C)/C=C/C=C/C=C(\C)[C@@H](OC)C[C@@H]3CC[C@@H](C)[C@@](O)(O3)C(=O)C(=O)N3CCCC[C@H]3C(=O)O2)C[C@H]1OC. The fourth-order valence-electron chi connectivity index (χ4n) is 16.8. The first-order valence-electron chi connectivity index (χ1n) is 46.5. The second kappa shape index (κ2) is 58.8. The Morgan fingerprint density at radius 3 is 1.93 bits per heavy atom. The van der Waals surface area contributed by atoms with E-state index >= 15 is 0 Å². The van der Waals surface area contributed by atoms with Crippen LogP contribution in [0.15, 0.2) is 101 Å². The number of hydrogen-bond acceptors (Lipinski definition) is 30. The van der Waals surface area contributed by atoms with Crippen molar-refractivity contribution in [3.63, 3.8) is 0 Å². The van der Waals surface area contributed by atoms with Gasteiger partial charge in [-0.15, -0.1) is 0 Å². The van der Waals surface area contributed by atoms with E-state index in [-0.39, 0.29) is 79.1 Å². The molecule has 2 bridgehead atoms. The van der Waals surface area contributed by atoms with Crippen LogP contribution in [-0.4, -0.2) is 277 Å². The van der Waals surface area contributed by atoms with Crippen LogP contribution in [0.5, 0.6) is 0 Å². The van der Waals surface area contributed by atoms with Gasteiger partial charge in [0.05, 0.1) is 109 Å². The van der Waals surface area contributed by atoms with Gasteiger partial charge in [-0.3, -0.25) is 24.0 Å². The van der Waals surface area contributed by atoms with Crippen molar-refractivity contribution in [3.05, 3.63) is 108 Å². The molecule has 0 radical (unpaired) electrons. The lowest BCUT2D eigenvalue weighted by Crippen LogP contribution is -2.61. The number of benzene rings is 2. The highest BCUT2D eigenvalue weighted by atomic mass is 16.6. The summed E-state index contributed by atoms with van der Waals surface area (Å²) in [5, 5.41) is 29.2. The number of methoxy groups -OCH3 is 6. The first-order chi connectivity index (χ1) is 62.6. The van der Waals surface area contributed by atoms with Crippen LogP contribution >= 0.6 is 0 Å². The Kier molecular flexibility index (Phi) is 49.2. The van der Waals surface area contributed by atoms with E-state index in [0.717, 1.165) is 54.7 Å². The number of nitrogens with two attached hydrogens (primary N) is 2. The summed E-state index contributed by atoms with van der Waals surface area (Å²) < 4.78 is 91.5. The molecule has 726 valence electrons. The molecule has 1 saturated carbocycles. The number of ether oxygens (including phenoxy) is 15. The van der Waals surface area contributed by atoms with Crippen LogP contribution in [0.3, 0.4) is 0 Å².